The van der Waals surface area contributed by atoms with Crippen LogP contribution in [0.4, 0.5) is 0 Å². The van der Waals surface area contributed by atoms with Gasteiger partial charge in [-0.2, -0.15) is 0 Å². The molecule has 0 radical (unpaired) electrons. The van der Waals surface area contributed by atoms with Gasteiger partial charge in [-0.1, -0.05) is 6.92 Å². The number of aromatic nitrogens is 1. The van der Waals surface area contributed by atoms with Crippen molar-refractivity contribution in [3.05, 3.63) is 30.1 Å². The molecule has 0 saturated carbocycles. The van der Waals surface area contributed by atoms with Gasteiger partial charge in [-0.25, -0.2) is 0 Å². The van der Waals surface area contributed by atoms with Gasteiger partial charge >= 0.3 is 0 Å². The van der Waals surface area contributed by atoms with Crippen LogP contribution in [0.1, 0.15) is 37.7 Å². The van der Waals surface area contributed by atoms with E-state index in [-0.39, 0.29) is 0 Å². The lowest BCUT2D eigenvalue weighted by molar-refractivity contribution is 0.208. The molecule has 1 atom stereocenters. The van der Waals surface area contributed by atoms with Crippen LogP contribution in [0.15, 0.2) is 24.5 Å². The number of rotatable bonds is 3. The fourth-order valence-electron chi connectivity index (χ4n) is 2.48. The number of hydrogen-bond acceptors (Lipinski definition) is 2. The zero-order chi connectivity index (χ0) is 10.5. The third kappa shape index (κ3) is 2.78. The SMILES string of the molecule is CCCN1CCCC(c2ccncc2)C1. The first-order valence-corrected chi connectivity index (χ1v) is 6.02. The van der Waals surface area contributed by atoms with Crippen LogP contribution in [0.25, 0.3) is 0 Å². The van der Waals surface area contributed by atoms with Gasteiger partial charge in [-0.15, -0.1) is 0 Å². The zero-order valence-corrected chi connectivity index (χ0v) is 9.52. The third-order valence-corrected chi connectivity index (χ3v) is 3.22. The van der Waals surface area contributed by atoms with Crippen LogP contribution in [0.2, 0.25) is 0 Å². The van der Waals surface area contributed by atoms with Crippen molar-refractivity contribution < 1.29 is 0 Å². The minimum absolute atomic E-state index is 0.730. The highest BCUT2D eigenvalue weighted by molar-refractivity contribution is 5.16. The molecular formula is C13H20N2. The molecule has 1 fully saturated rings. The first kappa shape index (κ1) is 10.6. The number of likely N-dealkylation sites (tertiary alicyclic amines) is 1. The molecule has 2 heterocycles. The summed E-state index contributed by atoms with van der Waals surface area (Å²) in [5.74, 6) is 0.730. The second-order valence-electron chi connectivity index (χ2n) is 4.42. The van der Waals surface area contributed by atoms with Crippen LogP contribution in [-0.2, 0) is 0 Å². The fraction of sp³-hybridized carbons (Fsp3) is 0.615. The van der Waals surface area contributed by atoms with Gasteiger partial charge < -0.3 is 4.90 Å². The molecule has 0 aliphatic carbocycles. The van der Waals surface area contributed by atoms with E-state index in [0.29, 0.717) is 0 Å². The van der Waals surface area contributed by atoms with Crippen LogP contribution in [0.5, 0.6) is 0 Å². The van der Waals surface area contributed by atoms with Gasteiger partial charge in [0.15, 0.2) is 0 Å². The molecule has 0 aromatic carbocycles. The maximum absolute atomic E-state index is 4.08. The Hall–Kier alpha value is -0.890. The van der Waals surface area contributed by atoms with Gasteiger partial charge in [0, 0.05) is 18.9 Å². The maximum atomic E-state index is 4.08. The molecule has 0 spiro atoms. The highest BCUT2D eigenvalue weighted by atomic mass is 15.1. The van der Waals surface area contributed by atoms with Gasteiger partial charge in [0.25, 0.3) is 0 Å². The number of pyridine rings is 1. The van der Waals surface area contributed by atoms with Crippen molar-refractivity contribution >= 4 is 0 Å². The molecule has 2 nitrogen and oxygen atoms in total. The second-order valence-corrected chi connectivity index (χ2v) is 4.42. The smallest absolute Gasteiger partial charge is 0.0270 e. The van der Waals surface area contributed by atoms with E-state index in [2.05, 4.69) is 28.9 Å². The van der Waals surface area contributed by atoms with Crippen molar-refractivity contribution in [1.82, 2.24) is 9.88 Å². The number of nitrogens with zero attached hydrogens (tertiary/aromatic N) is 2. The Kier molecular flexibility index (Phi) is 3.73. The molecule has 0 N–H and O–H groups in total. The van der Waals surface area contributed by atoms with Crippen molar-refractivity contribution in [1.29, 1.82) is 0 Å². The molecule has 15 heavy (non-hydrogen) atoms. The first-order valence-electron chi connectivity index (χ1n) is 6.02. The van der Waals surface area contributed by atoms with E-state index in [1.807, 2.05) is 12.4 Å². The average molecular weight is 204 g/mol. The largest absolute Gasteiger partial charge is 0.303 e. The molecule has 1 aromatic rings. The van der Waals surface area contributed by atoms with Crippen LogP contribution in [0, 0.1) is 0 Å². The van der Waals surface area contributed by atoms with Crippen molar-refractivity contribution in [3.8, 4) is 0 Å². The maximum Gasteiger partial charge on any atom is 0.0270 e. The molecule has 0 amide bonds. The normalized spacial score (nSPS) is 22.9. The quantitative estimate of drug-likeness (QED) is 0.752. The number of piperidine rings is 1. The van der Waals surface area contributed by atoms with E-state index >= 15 is 0 Å². The van der Waals surface area contributed by atoms with Crippen molar-refractivity contribution in [2.24, 2.45) is 0 Å². The third-order valence-electron chi connectivity index (χ3n) is 3.22. The van der Waals surface area contributed by atoms with Gasteiger partial charge in [-0.3, -0.25) is 4.98 Å². The Morgan fingerprint density at radius 2 is 2.20 bits per heavy atom. The lowest BCUT2D eigenvalue weighted by Gasteiger charge is -2.32. The van der Waals surface area contributed by atoms with Crippen molar-refractivity contribution in [3.63, 3.8) is 0 Å². The van der Waals surface area contributed by atoms with Crippen LogP contribution in [0.3, 0.4) is 0 Å². The molecule has 1 aliphatic rings. The monoisotopic (exact) mass is 204 g/mol. The summed E-state index contributed by atoms with van der Waals surface area (Å²) >= 11 is 0. The van der Waals surface area contributed by atoms with E-state index in [0.717, 1.165) is 5.92 Å². The van der Waals surface area contributed by atoms with Gasteiger partial charge in [-0.05, 0) is 56.0 Å². The fourth-order valence-corrected chi connectivity index (χ4v) is 2.48. The predicted molar refractivity (Wildman–Crippen MR) is 62.9 cm³/mol. The molecule has 2 heteroatoms. The summed E-state index contributed by atoms with van der Waals surface area (Å²) in [6.07, 6.45) is 7.77. The van der Waals surface area contributed by atoms with E-state index in [1.54, 1.807) is 0 Å². The average Bonchev–Trinajstić information content (AvgIpc) is 2.31. The summed E-state index contributed by atoms with van der Waals surface area (Å²) < 4.78 is 0. The van der Waals surface area contributed by atoms with E-state index in [9.17, 15) is 0 Å². The molecule has 82 valence electrons. The van der Waals surface area contributed by atoms with E-state index in [4.69, 9.17) is 0 Å². The molecule has 1 aliphatic heterocycles. The van der Waals surface area contributed by atoms with Crippen LogP contribution >= 0.6 is 0 Å². The summed E-state index contributed by atoms with van der Waals surface area (Å²) in [6, 6.07) is 4.33. The Bertz CT molecular complexity index is 282. The highest BCUT2D eigenvalue weighted by Gasteiger charge is 2.20. The molecule has 1 saturated heterocycles. The van der Waals surface area contributed by atoms with Crippen LogP contribution in [-0.4, -0.2) is 29.5 Å². The molecular weight excluding hydrogens is 184 g/mol. The van der Waals surface area contributed by atoms with Gasteiger partial charge in [0.05, 0.1) is 0 Å². The second kappa shape index (κ2) is 5.26. The molecule has 1 unspecified atom stereocenters. The Morgan fingerprint density at radius 1 is 1.40 bits per heavy atom. The lowest BCUT2D eigenvalue weighted by Crippen LogP contribution is -2.34. The van der Waals surface area contributed by atoms with Gasteiger partial charge in [0.2, 0.25) is 0 Å². The lowest BCUT2D eigenvalue weighted by atomic mass is 9.91. The Labute approximate surface area is 92.3 Å². The molecule has 2 rings (SSSR count). The number of hydrogen-bond donors (Lipinski definition) is 0. The zero-order valence-electron chi connectivity index (χ0n) is 9.52. The summed E-state index contributed by atoms with van der Waals surface area (Å²) in [5.41, 5.74) is 1.46. The Morgan fingerprint density at radius 3 is 2.93 bits per heavy atom. The van der Waals surface area contributed by atoms with E-state index < -0.39 is 0 Å². The molecule has 1 aromatic heterocycles. The summed E-state index contributed by atoms with van der Waals surface area (Å²) in [4.78, 5) is 6.67. The first-order chi connectivity index (χ1) is 7.40. The minimum atomic E-state index is 0.730. The topological polar surface area (TPSA) is 16.1 Å². The predicted octanol–water partition coefficient (Wildman–Crippen LogP) is 2.67. The summed E-state index contributed by atoms with van der Waals surface area (Å²) in [6.45, 7) is 6.03. The summed E-state index contributed by atoms with van der Waals surface area (Å²) in [5, 5.41) is 0. The summed E-state index contributed by atoms with van der Waals surface area (Å²) in [7, 11) is 0. The standard InChI is InChI=1S/C13H20N2/c1-2-9-15-10-3-4-13(11-15)12-5-7-14-8-6-12/h5-8,13H,2-4,9-11H2,1H3. The van der Waals surface area contributed by atoms with Crippen LogP contribution < -0.4 is 0 Å². The Balaban J connectivity index is 1.98. The van der Waals surface area contributed by atoms with Gasteiger partial charge in [0.1, 0.15) is 0 Å². The van der Waals surface area contributed by atoms with E-state index in [1.165, 1.54) is 44.5 Å². The molecule has 0 bridgehead atoms. The minimum Gasteiger partial charge on any atom is -0.303 e. The highest BCUT2D eigenvalue weighted by Crippen LogP contribution is 2.26. The van der Waals surface area contributed by atoms with Crippen molar-refractivity contribution in [2.75, 3.05) is 19.6 Å². The van der Waals surface area contributed by atoms with Crippen molar-refractivity contribution in [2.45, 2.75) is 32.1 Å².